The number of rotatable bonds is 7. The molecular formula is C19H19N5O3. The van der Waals surface area contributed by atoms with Gasteiger partial charge in [-0.1, -0.05) is 12.1 Å². The highest BCUT2D eigenvalue weighted by Gasteiger charge is 2.07. The maximum atomic E-state index is 12.2. The first kappa shape index (κ1) is 18.1. The molecule has 0 bridgehead atoms. The molecule has 3 aromatic rings. The second kappa shape index (κ2) is 8.61. The molecule has 27 heavy (non-hydrogen) atoms. The van der Waals surface area contributed by atoms with Crippen LogP contribution < -0.4 is 14.8 Å². The topological polar surface area (TPSA) is 91.2 Å². The lowest BCUT2D eigenvalue weighted by atomic mass is 10.2. The summed E-state index contributed by atoms with van der Waals surface area (Å²) in [5.74, 6) is 1.64. The number of carbonyl (C=O) groups excluding carboxylic acids is 1. The number of pyridine rings is 1. The van der Waals surface area contributed by atoms with E-state index in [1.54, 1.807) is 55.7 Å². The summed E-state index contributed by atoms with van der Waals surface area (Å²) in [5, 5.41) is 6.91. The molecule has 0 fully saturated rings. The van der Waals surface area contributed by atoms with Gasteiger partial charge in [0.05, 0.1) is 14.2 Å². The fourth-order valence-electron chi connectivity index (χ4n) is 2.46. The van der Waals surface area contributed by atoms with Crippen LogP contribution in [0.25, 0.3) is 11.9 Å². The average Bonchev–Trinajstić information content (AvgIpc) is 3.25. The van der Waals surface area contributed by atoms with Crippen LogP contribution in [0.15, 0.2) is 55.3 Å². The van der Waals surface area contributed by atoms with Crippen molar-refractivity contribution in [3.05, 3.63) is 66.4 Å². The number of nitrogens with one attached hydrogen (secondary N) is 1. The minimum atomic E-state index is -0.224. The minimum Gasteiger partial charge on any atom is -0.493 e. The number of ether oxygens (including phenoxy) is 2. The Bertz CT molecular complexity index is 938. The van der Waals surface area contributed by atoms with Crippen molar-refractivity contribution in [1.82, 2.24) is 25.1 Å². The lowest BCUT2D eigenvalue weighted by Gasteiger charge is -2.08. The fraction of sp³-hybridized carbons (Fsp3) is 0.158. The van der Waals surface area contributed by atoms with Crippen molar-refractivity contribution in [2.24, 2.45) is 0 Å². The molecule has 0 atom stereocenters. The average molecular weight is 365 g/mol. The Labute approximate surface area is 156 Å². The number of nitrogens with zero attached hydrogens (tertiary/aromatic N) is 4. The number of aromatic nitrogens is 4. The number of hydrogen-bond donors (Lipinski definition) is 1. The molecule has 0 saturated carbocycles. The zero-order chi connectivity index (χ0) is 19.1. The van der Waals surface area contributed by atoms with Crippen molar-refractivity contribution < 1.29 is 14.3 Å². The first-order chi connectivity index (χ1) is 13.2. The second-order valence-corrected chi connectivity index (χ2v) is 5.49. The summed E-state index contributed by atoms with van der Waals surface area (Å²) >= 11 is 0. The third kappa shape index (κ3) is 4.49. The molecule has 138 valence electrons. The molecule has 8 nitrogen and oxygen atoms in total. The van der Waals surface area contributed by atoms with Gasteiger partial charge in [-0.3, -0.25) is 4.79 Å². The van der Waals surface area contributed by atoms with Gasteiger partial charge in [0.15, 0.2) is 17.3 Å². The summed E-state index contributed by atoms with van der Waals surface area (Å²) in [4.78, 5) is 20.4. The third-order valence-electron chi connectivity index (χ3n) is 3.79. The Balaban J connectivity index is 1.65. The van der Waals surface area contributed by atoms with E-state index in [1.165, 1.54) is 12.4 Å². The van der Waals surface area contributed by atoms with Crippen LogP contribution in [0.5, 0.6) is 11.5 Å². The van der Waals surface area contributed by atoms with Crippen molar-refractivity contribution in [3.8, 4) is 17.3 Å². The summed E-state index contributed by atoms with van der Waals surface area (Å²) < 4.78 is 12.0. The van der Waals surface area contributed by atoms with Crippen LogP contribution in [0.4, 0.5) is 0 Å². The number of benzene rings is 1. The summed E-state index contributed by atoms with van der Waals surface area (Å²) in [6.45, 7) is 0.318. The van der Waals surface area contributed by atoms with Crippen molar-refractivity contribution >= 4 is 12.0 Å². The Morgan fingerprint density at radius 3 is 2.81 bits per heavy atom. The zero-order valence-electron chi connectivity index (χ0n) is 15.0. The minimum absolute atomic E-state index is 0.224. The van der Waals surface area contributed by atoms with E-state index in [0.717, 1.165) is 11.1 Å². The Kier molecular flexibility index (Phi) is 5.78. The highest BCUT2D eigenvalue weighted by Crippen LogP contribution is 2.27. The van der Waals surface area contributed by atoms with Crippen LogP contribution in [0, 0.1) is 0 Å². The van der Waals surface area contributed by atoms with Crippen molar-refractivity contribution in [2.75, 3.05) is 14.2 Å². The van der Waals surface area contributed by atoms with Crippen LogP contribution in [-0.4, -0.2) is 39.9 Å². The highest BCUT2D eigenvalue weighted by atomic mass is 16.5. The van der Waals surface area contributed by atoms with Gasteiger partial charge >= 0.3 is 0 Å². The van der Waals surface area contributed by atoms with Crippen LogP contribution in [0.2, 0.25) is 0 Å². The smallest absolute Gasteiger partial charge is 0.244 e. The van der Waals surface area contributed by atoms with Crippen LogP contribution >= 0.6 is 0 Å². The highest BCUT2D eigenvalue weighted by molar-refractivity contribution is 5.91. The van der Waals surface area contributed by atoms with Crippen LogP contribution in [0.3, 0.4) is 0 Å². The molecule has 1 N–H and O–H groups in total. The van der Waals surface area contributed by atoms with Gasteiger partial charge in [0.2, 0.25) is 5.91 Å². The number of amides is 1. The van der Waals surface area contributed by atoms with Gasteiger partial charge in [0.1, 0.15) is 12.7 Å². The van der Waals surface area contributed by atoms with Gasteiger partial charge in [-0.05, 0) is 29.8 Å². The summed E-state index contributed by atoms with van der Waals surface area (Å²) in [5.41, 5.74) is 1.66. The van der Waals surface area contributed by atoms with E-state index in [9.17, 15) is 4.79 Å². The molecule has 0 spiro atoms. The van der Waals surface area contributed by atoms with Crippen molar-refractivity contribution in [3.63, 3.8) is 0 Å². The molecule has 0 radical (unpaired) electrons. The van der Waals surface area contributed by atoms with Crippen LogP contribution in [-0.2, 0) is 11.3 Å². The molecule has 0 unspecified atom stereocenters. The summed E-state index contributed by atoms with van der Waals surface area (Å²) in [6, 6.07) is 9.11. The molecule has 2 heterocycles. The molecule has 0 aliphatic rings. The standard InChI is InChI=1S/C19H19N5O3/c1-26-16-7-5-14(10-17(16)27-2)6-8-18(25)22-11-15-4-3-9-21-19(15)24-13-20-12-23-24/h3-10,12-13H,11H2,1-2H3,(H,22,25)/b8-6+. The normalized spacial score (nSPS) is 10.7. The molecular weight excluding hydrogens is 346 g/mol. The molecule has 0 saturated heterocycles. The van der Waals surface area contributed by atoms with E-state index >= 15 is 0 Å². The van der Waals surface area contributed by atoms with Crippen molar-refractivity contribution in [1.29, 1.82) is 0 Å². The van der Waals surface area contributed by atoms with E-state index in [4.69, 9.17) is 9.47 Å². The van der Waals surface area contributed by atoms with Gasteiger partial charge in [0, 0.05) is 24.4 Å². The number of carbonyl (C=O) groups is 1. The molecule has 0 aliphatic carbocycles. The predicted octanol–water partition coefficient (Wildman–Crippen LogP) is 2.01. The first-order valence-electron chi connectivity index (χ1n) is 8.18. The molecule has 0 aliphatic heterocycles. The Morgan fingerprint density at radius 2 is 2.07 bits per heavy atom. The molecule has 1 aromatic carbocycles. The van der Waals surface area contributed by atoms with Crippen LogP contribution in [0.1, 0.15) is 11.1 Å². The van der Waals surface area contributed by atoms with Gasteiger partial charge in [-0.15, -0.1) is 0 Å². The monoisotopic (exact) mass is 365 g/mol. The van der Waals surface area contributed by atoms with Gasteiger partial charge < -0.3 is 14.8 Å². The van der Waals surface area contributed by atoms with Gasteiger partial charge in [0.25, 0.3) is 0 Å². The van der Waals surface area contributed by atoms with Gasteiger partial charge in [-0.25, -0.2) is 14.6 Å². The van der Waals surface area contributed by atoms with E-state index in [0.29, 0.717) is 23.9 Å². The third-order valence-corrected chi connectivity index (χ3v) is 3.79. The largest absolute Gasteiger partial charge is 0.493 e. The van der Waals surface area contributed by atoms with E-state index < -0.39 is 0 Å². The SMILES string of the molecule is COc1ccc(/C=C/C(=O)NCc2cccnc2-n2cncn2)cc1OC. The lowest BCUT2D eigenvalue weighted by molar-refractivity contribution is -0.116. The maximum Gasteiger partial charge on any atom is 0.244 e. The van der Waals surface area contributed by atoms with E-state index in [2.05, 4.69) is 20.4 Å². The Morgan fingerprint density at radius 1 is 1.22 bits per heavy atom. The number of hydrogen-bond acceptors (Lipinski definition) is 6. The molecule has 3 rings (SSSR count). The van der Waals surface area contributed by atoms with E-state index in [1.807, 2.05) is 12.1 Å². The first-order valence-corrected chi connectivity index (χ1v) is 8.18. The van der Waals surface area contributed by atoms with Gasteiger partial charge in [-0.2, -0.15) is 5.10 Å². The number of methoxy groups -OCH3 is 2. The molecule has 2 aromatic heterocycles. The molecule has 8 heteroatoms. The Hall–Kier alpha value is -3.68. The summed E-state index contributed by atoms with van der Waals surface area (Å²) in [6.07, 6.45) is 7.83. The fourth-order valence-corrected chi connectivity index (χ4v) is 2.46. The summed E-state index contributed by atoms with van der Waals surface area (Å²) in [7, 11) is 3.14. The molecule has 1 amide bonds. The lowest BCUT2D eigenvalue weighted by Crippen LogP contribution is -2.21. The predicted molar refractivity (Wildman–Crippen MR) is 99.6 cm³/mol. The quantitative estimate of drug-likeness (QED) is 0.644. The van der Waals surface area contributed by atoms with Crippen molar-refractivity contribution in [2.45, 2.75) is 6.54 Å². The zero-order valence-corrected chi connectivity index (χ0v) is 15.0. The second-order valence-electron chi connectivity index (χ2n) is 5.49. The van der Waals surface area contributed by atoms with E-state index in [-0.39, 0.29) is 5.91 Å². The maximum absolute atomic E-state index is 12.2.